The average molecular weight is 183 g/mol. The summed E-state index contributed by atoms with van der Waals surface area (Å²) in [5, 5.41) is 2.21. The van der Waals surface area contributed by atoms with Crippen molar-refractivity contribution >= 4 is 12.0 Å². The molecule has 2 unspecified atom stereocenters. The van der Waals surface area contributed by atoms with Gasteiger partial charge in [0, 0.05) is 5.92 Å². The van der Waals surface area contributed by atoms with Crippen LogP contribution in [0.2, 0.25) is 0 Å². The van der Waals surface area contributed by atoms with Crippen molar-refractivity contribution in [3.8, 4) is 0 Å². The molecule has 1 heterocycles. The van der Waals surface area contributed by atoms with Gasteiger partial charge in [-0.2, -0.15) is 0 Å². The zero-order valence-electron chi connectivity index (χ0n) is 7.63. The minimum absolute atomic E-state index is 0.146. The normalized spacial score (nSPS) is 39.0. The molecule has 0 aromatic heterocycles. The SMILES string of the molecule is CC1CCCCC12OC(=O)NC2=O. The molecule has 1 aliphatic carbocycles. The standard InChI is InChI=1S/C9H13NO3/c1-6-4-2-3-5-9(6)7(11)10-8(12)13-9/h6H,2-5H2,1H3,(H,10,11,12). The highest BCUT2D eigenvalue weighted by atomic mass is 16.6. The van der Waals surface area contributed by atoms with Crippen LogP contribution in [-0.2, 0) is 9.53 Å². The van der Waals surface area contributed by atoms with Crippen LogP contribution in [0.15, 0.2) is 0 Å². The van der Waals surface area contributed by atoms with Crippen LogP contribution < -0.4 is 5.32 Å². The van der Waals surface area contributed by atoms with E-state index in [9.17, 15) is 9.59 Å². The summed E-state index contributed by atoms with van der Waals surface area (Å²) in [5.74, 6) is -0.0996. The first-order valence-corrected chi connectivity index (χ1v) is 4.69. The number of hydrogen-bond acceptors (Lipinski definition) is 3. The minimum Gasteiger partial charge on any atom is -0.432 e. The number of carbonyl (C=O) groups excluding carboxylic acids is 2. The fourth-order valence-electron chi connectivity index (χ4n) is 2.24. The summed E-state index contributed by atoms with van der Waals surface area (Å²) < 4.78 is 5.11. The van der Waals surface area contributed by atoms with E-state index in [1.165, 1.54) is 0 Å². The van der Waals surface area contributed by atoms with Crippen LogP contribution >= 0.6 is 0 Å². The lowest BCUT2D eigenvalue weighted by molar-refractivity contribution is -0.138. The van der Waals surface area contributed by atoms with Crippen molar-refractivity contribution in [2.75, 3.05) is 0 Å². The van der Waals surface area contributed by atoms with Crippen LogP contribution in [0.25, 0.3) is 0 Å². The molecule has 2 amide bonds. The molecule has 1 N–H and O–H groups in total. The lowest BCUT2D eigenvalue weighted by Gasteiger charge is -2.34. The molecular formula is C9H13NO3. The Morgan fingerprint density at radius 3 is 2.77 bits per heavy atom. The van der Waals surface area contributed by atoms with E-state index >= 15 is 0 Å². The number of ether oxygens (including phenoxy) is 1. The zero-order chi connectivity index (χ0) is 9.47. The molecular weight excluding hydrogens is 170 g/mol. The van der Waals surface area contributed by atoms with E-state index in [0.29, 0.717) is 6.42 Å². The average Bonchev–Trinajstić information content (AvgIpc) is 2.35. The minimum atomic E-state index is -0.838. The van der Waals surface area contributed by atoms with Crippen molar-refractivity contribution in [1.82, 2.24) is 5.32 Å². The van der Waals surface area contributed by atoms with Gasteiger partial charge < -0.3 is 4.74 Å². The third kappa shape index (κ3) is 1.12. The Hall–Kier alpha value is -1.06. The van der Waals surface area contributed by atoms with Gasteiger partial charge in [-0.3, -0.25) is 10.1 Å². The van der Waals surface area contributed by atoms with Crippen molar-refractivity contribution in [3.63, 3.8) is 0 Å². The molecule has 13 heavy (non-hydrogen) atoms. The van der Waals surface area contributed by atoms with Crippen molar-refractivity contribution < 1.29 is 14.3 Å². The van der Waals surface area contributed by atoms with E-state index in [4.69, 9.17) is 4.74 Å². The third-order valence-electron chi connectivity index (χ3n) is 3.11. The van der Waals surface area contributed by atoms with Crippen LogP contribution in [0.3, 0.4) is 0 Å². The van der Waals surface area contributed by atoms with Crippen LogP contribution in [0.4, 0.5) is 4.79 Å². The molecule has 1 saturated carbocycles. The summed E-state index contributed by atoms with van der Waals surface area (Å²) in [5.41, 5.74) is -0.838. The molecule has 4 heteroatoms. The second-order valence-electron chi connectivity index (χ2n) is 3.88. The predicted molar refractivity (Wildman–Crippen MR) is 45.0 cm³/mol. The van der Waals surface area contributed by atoms with Crippen molar-refractivity contribution in [3.05, 3.63) is 0 Å². The Kier molecular flexibility index (Phi) is 1.78. The summed E-state index contributed by atoms with van der Waals surface area (Å²) in [4.78, 5) is 22.4. The first-order chi connectivity index (χ1) is 6.15. The van der Waals surface area contributed by atoms with Crippen molar-refractivity contribution in [2.24, 2.45) is 5.92 Å². The van der Waals surface area contributed by atoms with Gasteiger partial charge in [0.2, 0.25) is 0 Å². The third-order valence-corrected chi connectivity index (χ3v) is 3.11. The number of nitrogens with one attached hydrogen (secondary N) is 1. The molecule has 0 bridgehead atoms. The molecule has 1 saturated heterocycles. The molecule has 0 radical (unpaired) electrons. The predicted octanol–water partition coefficient (Wildman–Crippen LogP) is 1.20. The van der Waals surface area contributed by atoms with Gasteiger partial charge in [-0.25, -0.2) is 4.79 Å². The number of amides is 2. The Morgan fingerprint density at radius 2 is 2.23 bits per heavy atom. The molecule has 1 aliphatic heterocycles. The summed E-state index contributed by atoms with van der Waals surface area (Å²) in [6.07, 6.45) is 3.13. The van der Waals surface area contributed by atoms with Crippen LogP contribution in [0, 0.1) is 5.92 Å². The number of rotatable bonds is 0. The topological polar surface area (TPSA) is 55.4 Å². The summed E-state index contributed by atoms with van der Waals surface area (Å²) in [6.45, 7) is 1.97. The van der Waals surface area contributed by atoms with Gasteiger partial charge in [-0.1, -0.05) is 13.3 Å². The van der Waals surface area contributed by atoms with Crippen molar-refractivity contribution in [1.29, 1.82) is 0 Å². The highest BCUT2D eigenvalue weighted by molar-refractivity contribution is 6.03. The fraction of sp³-hybridized carbons (Fsp3) is 0.778. The van der Waals surface area contributed by atoms with Crippen LogP contribution in [0.1, 0.15) is 32.6 Å². The quantitative estimate of drug-likeness (QED) is 0.614. The lowest BCUT2D eigenvalue weighted by Crippen LogP contribution is -2.46. The number of carbonyl (C=O) groups is 2. The molecule has 2 atom stereocenters. The molecule has 72 valence electrons. The maximum Gasteiger partial charge on any atom is 0.415 e. The van der Waals surface area contributed by atoms with E-state index in [1.54, 1.807) is 0 Å². The van der Waals surface area contributed by atoms with E-state index in [0.717, 1.165) is 19.3 Å². The monoisotopic (exact) mass is 183 g/mol. The van der Waals surface area contributed by atoms with Crippen LogP contribution in [0.5, 0.6) is 0 Å². The molecule has 2 rings (SSSR count). The van der Waals surface area contributed by atoms with E-state index in [2.05, 4.69) is 5.32 Å². The number of imide groups is 1. The van der Waals surface area contributed by atoms with Gasteiger partial charge in [0.25, 0.3) is 5.91 Å². The molecule has 2 aliphatic rings. The molecule has 4 nitrogen and oxygen atoms in total. The number of alkyl carbamates (subject to hydrolysis) is 1. The Bertz CT molecular complexity index is 264. The molecule has 2 fully saturated rings. The maximum absolute atomic E-state index is 11.5. The summed E-state index contributed by atoms with van der Waals surface area (Å²) in [6, 6.07) is 0. The van der Waals surface area contributed by atoms with E-state index in [1.807, 2.05) is 6.92 Å². The first kappa shape index (κ1) is 8.53. The lowest BCUT2D eigenvalue weighted by atomic mass is 9.76. The fourth-order valence-corrected chi connectivity index (χ4v) is 2.24. The molecule has 1 spiro atoms. The first-order valence-electron chi connectivity index (χ1n) is 4.69. The van der Waals surface area contributed by atoms with Gasteiger partial charge in [0.1, 0.15) is 0 Å². The summed E-state index contributed by atoms with van der Waals surface area (Å²) in [7, 11) is 0. The zero-order valence-corrected chi connectivity index (χ0v) is 7.63. The van der Waals surface area contributed by atoms with E-state index in [-0.39, 0.29) is 11.8 Å². The van der Waals surface area contributed by atoms with E-state index < -0.39 is 11.7 Å². The van der Waals surface area contributed by atoms with Gasteiger partial charge >= 0.3 is 6.09 Å². The van der Waals surface area contributed by atoms with Gasteiger partial charge in [-0.15, -0.1) is 0 Å². The Morgan fingerprint density at radius 1 is 1.46 bits per heavy atom. The molecule has 0 aromatic carbocycles. The highest BCUT2D eigenvalue weighted by Crippen LogP contribution is 2.39. The highest BCUT2D eigenvalue weighted by Gasteiger charge is 2.53. The van der Waals surface area contributed by atoms with Gasteiger partial charge in [-0.05, 0) is 19.3 Å². The maximum atomic E-state index is 11.5. The number of hydrogen-bond donors (Lipinski definition) is 1. The summed E-state index contributed by atoms with van der Waals surface area (Å²) >= 11 is 0. The largest absolute Gasteiger partial charge is 0.432 e. The van der Waals surface area contributed by atoms with Crippen molar-refractivity contribution in [2.45, 2.75) is 38.2 Å². The van der Waals surface area contributed by atoms with Gasteiger partial charge in [0.15, 0.2) is 5.60 Å². The second kappa shape index (κ2) is 2.72. The van der Waals surface area contributed by atoms with Gasteiger partial charge in [0.05, 0.1) is 0 Å². The Labute approximate surface area is 76.6 Å². The Balaban J connectivity index is 2.26. The smallest absolute Gasteiger partial charge is 0.415 e. The van der Waals surface area contributed by atoms with Crippen LogP contribution in [-0.4, -0.2) is 17.6 Å². The second-order valence-corrected chi connectivity index (χ2v) is 3.88. The molecule has 0 aromatic rings.